The number of amides is 1. The SMILES string of the molecule is COc1ccc(CC(=O)N2CCc3c(noc3-c3ccc(Cl)cc3)C2)cc1. The zero-order valence-corrected chi connectivity index (χ0v) is 15.7. The van der Waals surface area contributed by atoms with E-state index in [9.17, 15) is 4.79 Å². The van der Waals surface area contributed by atoms with E-state index in [4.69, 9.17) is 20.9 Å². The second-order valence-corrected chi connectivity index (χ2v) is 6.97. The van der Waals surface area contributed by atoms with Crippen LogP contribution in [0.4, 0.5) is 0 Å². The molecule has 5 nitrogen and oxygen atoms in total. The maximum Gasteiger partial charge on any atom is 0.227 e. The summed E-state index contributed by atoms with van der Waals surface area (Å²) in [4.78, 5) is 14.5. The zero-order chi connectivity index (χ0) is 18.8. The topological polar surface area (TPSA) is 55.6 Å². The van der Waals surface area contributed by atoms with E-state index in [2.05, 4.69) is 5.16 Å². The van der Waals surface area contributed by atoms with Crippen LogP contribution in [0.5, 0.6) is 5.75 Å². The summed E-state index contributed by atoms with van der Waals surface area (Å²) >= 11 is 5.96. The number of rotatable bonds is 4. The summed E-state index contributed by atoms with van der Waals surface area (Å²) in [5, 5.41) is 4.88. The molecule has 0 saturated heterocycles. The normalized spacial score (nSPS) is 13.3. The Hall–Kier alpha value is -2.79. The molecule has 0 unspecified atom stereocenters. The van der Waals surface area contributed by atoms with Crippen LogP contribution in [0.25, 0.3) is 11.3 Å². The monoisotopic (exact) mass is 382 g/mol. The maximum absolute atomic E-state index is 12.7. The standard InChI is InChI=1S/C21H19ClN2O3/c1-26-17-8-2-14(3-9-17)12-20(25)24-11-10-18-19(13-24)23-27-21(18)15-4-6-16(22)7-5-15/h2-9H,10-13H2,1H3. The molecule has 2 aromatic carbocycles. The van der Waals surface area contributed by atoms with Crippen molar-refractivity contribution in [1.82, 2.24) is 10.1 Å². The summed E-state index contributed by atoms with van der Waals surface area (Å²) in [5.74, 6) is 1.64. The maximum atomic E-state index is 12.7. The van der Waals surface area contributed by atoms with E-state index in [1.165, 1.54) is 0 Å². The lowest BCUT2D eigenvalue weighted by molar-refractivity contribution is -0.131. The van der Waals surface area contributed by atoms with Gasteiger partial charge in [-0.1, -0.05) is 28.9 Å². The van der Waals surface area contributed by atoms with Gasteiger partial charge in [0, 0.05) is 22.7 Å². The Kier molecular flexibility index (Phi) is 4.86. The van der Waals surface area contributed by atoms with Crippen LogP contribution in [0.1, 0.15) is 16.8 Å². The van der Waals surface area contributed by atoms with Gasteiger partial charge < -0.3 is 14.2 Å². The van der Waals surface area contributed by atoms with E-state index in [0.717, 1.165) is 40.3 Å². The molecule has 4 rings (SSSR count). The molecule has 1 aliphatic rings. The Morgan fingerprint density at radius 2 is 1.93 bits per heavy atom. The van der Waals surface area contributed by atoms with Crippen molar-refractivity contribution in [1.29, 1.82) is 0 Å². The lowest BCUT2D eigenvalue weighted by Gasteiger charge is -2.26. The molecule has 0 bridgehead atoms. The molecule has 138 valence electrons. The predicted molar refractivity (Wildman–Crippen MR) is 103 cm³/mol. The van der Waals surface area contributed by atoms with Gasteiger partial charge in [-0.25, -0.2) is 0 Å². The Morgan fingerprint density at radius 1 is 1.19 bits per heavy atom. The van der Waals surface area contributed by atoms with Crippen LogP contribution in [0.15, 0.2) is 53.1 Å². The number of hydrogen-bond acceptors (Lipinski definition) is 4. The second kappa shape index (κ2) is 7.45. The molecule has 0 atom stereocenters. The number of aromatic nitrogens is 1. The van der Waals surface area contributed by atoms with Crippen LogP contribution in [0, 0.1) is 0 Å². The molecular formula is C21H19ClN2O3. The number of fused-ring (bicyclic) bond motifs is 1. The molecule has 0 N–H and O–H groups in total. The highest BCUT2D eigenvalue weighted by atomic mass is 35.5. The molecule has 0 aliphatic carbocycles. The fourth-order valence-corrected chi connectivity index (χ4v) is 3.43. The highest BCUT2D eigenvalue weighted by Crippen LogP contribution is 2.31. The minimum atomic E-state index is 0.0851. The van der Waals surface area contributed by atoms with Gasteiger partial charge >= 0.3 is 0 Å². The number of carbonyl (C=O) groups excluding carboxylic acids is 1. The van der Waals surface area contributed by atoms with Gasteiger partial charge in [0.25, 0.3) is 0 Å². The number of carbonyl (C=O) groups is 1. The van der Waals surface area contributed by atoms with Crippen molar-refractivity contribution in [2.75, 3.05) is 13.7 Å². The molecular weight excluding hydrogens is 364 g/mol. The summed E-state index contributed by atoms with van der Waals surface area (Å²) in [7, 11) is 1.63. The fourth-order valence-electron chi connectivity index (χ4n) is 3.30. The lowest BCUT2D eigenvalue weighted by atomic mass is 10.00. The van der Waals surface area contributed by atoms with Crippen molar-refractivity contribution in [2.45, 2.75) is 19.4 Å². The highest BCUT2D eigenvalue weighted by Gasteiger charge is 2.27. The first-order chi connectivity index (χ1) is 13.1. The van der Waals surface area contributed by atoms with Crippen molar-refractivity contribution < 1.29 is 14.1 Å². The summed E-state index contributed by atoms with van der Waals surface area (Å²) in [6.45, 7) is 1.13. The van der Waals surface area contributed by atoms with Gasteiger partial charge in [-0.05, 0) is 48.4 Å². The van der Waals surface area contributed by atoms with Crippen LogP contribution in [0.3, 0.4) is 0 Å². The van der Waals surface area contributed by atoms with E-state index < -0.39 is 0 Å². The van der Waals surface area contributed by atoms with Crippen LogP contribution in [-0.4, -0.2) is 29.6 Å². The summed E-state index contributed by atoms with van der Waals surface area (Å²) in [6, 6.07) is 15.1. The molecule has 0 spiro atoms. The number of methoxy groups -OCH3 is 1. The number of halogens is 1. The quantitative estimate of drug-likeness (QED) is 0.680. The lowest BCUT2D eigenvalue weighted by Crippen LogP contribution is -2.36. The van der Waals surface area contributed by atoms with Crippen LogP contribution in [-0.2, 0) is 24.2 Å². The van der Waals surface area contributed by atoms with Crippen LogP contribution >= 0.6 is 11.6 Å². The van der Waals surface area contributed by atoms with Crippen molar-refractivity contribution in [3.8, 4) is 17.1 Å². The van der Waals surface area contributed by atoms with E-state index in [1.54, 1.807) is 7.11 Å². The van der Waals surface area contributed by atoms with E-state index in [1.807, 2.05) is 53.4 Å². The molecule has 6 heteroatoms. The third-order valence-electron chi connectivity index (χ3n) is 4.82. The largest absolute Gasteiger partial charge is 0.497 e. The molecule has 2 heterocycles. The number of ether oxygens (including phenoxy) is 1. The molecule has 0 saturated carbocycles. The summed E-state index contributed by atoms with van der Waals surface area (Å²) < 4.78 is 10.7. The average molecular weight is 383 g/mol. The van der Waals surface area contributed by atoms with E-state index in [-0.39, 0.29) is 5.91 Å². The van der Waals surface area contributed by atoms with Crippen LogP contribution < -0.4 is 4.74 Å². The minimum Gasteiger partial charge on any atom is -0.497 e. The molecule has 27 heavy (non-hydrogen) atoms. The summed E-state index contributed by atoms with van der Waals surface area (Å²) in [5.41, 5.74) is 3.82. The molecule has 3 aromatic rings. The van der Waals surface area contributed by atoms with Gasteiger partial charge in [0.05, 0.1) is 20.1 Å². The second-order valence-electron chi connectivity index (χ2n) is 6.53. The van der Waals surface area contributed by atoms with Gasteiger partial charge in [0.15, 0.2) is 5.76 Å². The number of nitrogens with zero attached hydrogens (tertiary/aromatic N) is 2. The van der Waals surface area contributed by atoms with E-state index in [0.29, 0.717) is 24.5 Å². The molecule has 1 amide bonds. The summed E-state index contributed by atoms with van der Waals surface area (Å²) in [6.07, 6.45) is 1.09. The first kappa shape index (κ1) is 17.6. The Bertz CT molecular complexity index is 949. The highest BCUT2D eigenvalue weighted by molar-refractivity contribution is 6.30. The van der Waals surface area contributed by atoms with Gasteiger partial charge in [-0.15, -0.1) is 0 Å². The zero-order valence-electron chi connectivity index (χ0n) is 14.9. The fraction of sp³-hybridized carbons (Fsp3) is 0.238. The third kappa shape index (κ3) is 3.69. The molecule has 1 aromatic heterocycles. The van der Waals surface area contributed by atoms with Crippen LogP contribution in [0.2, 0.25) is 5.02 Å². The number of hydrogen-bond donors (Lipinski definition) is 0. The smallest absolute Gasteiger partial charge is 0.227 e. The average Bonchev–Trinajstić information content (AvgIpc) is 3.12. The van der Waals surface area contributed by atoms with Gasteiger partial charge in [-0.2, -0.15) is 0 Å². The van der Waals surface area contributed by atoms with Crippen molar-refractivity contribution in [3.05, 3.63) is 70.4 Å². The van der Waals surface area contributed by atoms with Crippen molar-refractivity contribution >= 4 is 17.5 Å². The first-order valence-corrected chi connectivity index (χ1v) is 9.16. The Labute approximate surface area is 162 Å². The Balaban J connectivity index is 1.46. The number of benzene rings is 2. The molecule has 1 aliphatic heterocycles. The van der Waals surface area contributed by atoms with Gasteiger partial charge in [0.1, 0.15) is 11.4 Å². The van der Waals surface area contributed by atoms with E-state index >= 15 is 0 Å². The third-order valence-corrected chi connectivity index (χ3v) is 5.07. The molecule has 0 fully saturated rings. The minimum absolute atomic E-state index is 0.0851. The predicted octanol–water partition coefficient (Wildman–Crippen LogP) is 4.13. The van der Waals surface area contributed by atoms with Gasteiger partial charge in [-0.3, -0.25) is 4.79 Å². The Morgan fingerprint density at radius 3 is 2.63 bits per heavy atom. The van der Waals surface area contributed by atoms with Gasteiger partial charge in [0.2, 0.25) is 5.91 Å². The molecule has 0 radical (unpaired) electrons. The first-order valence-electron chi connectivity index (χ1n) is 8.78. The van der Waals surface area contributed by atoms with Crippen molar-refractivity contribution in [2.24, 2.45) is 0 Å². The van der Waals surface area contributed by atoms with Crippen molar-refractivity contribution in [3.63, 3.8) is 0 Å².